The Morgan fingerprint density at radius 2 is 2.35 bits per heavy atom. The fourth-order valence-electron chi connectivity index (χ4n) is 3.38. The van der Waals surface area contributed by atoms with Crippen molar-refractivity contribution in [3.8, 4) is 11.4 Å². The number of aryl methyl sites for hydroxylation is 1. The first-order valence-corrected chi connectivity index (χ1v) is 8.22. The van der Waals surface area contributed by atoms with Crippen LogP contribution in [0.25, 0.3) is 22.4 Å². The number of rotatable bonds is 4. The number of hydrogen-bond donors (Lipinski definition) is 1. The highest BCUT2D eigenvalue weighted by Gasteiger charge is 2.18. The fraction of sp³-hybridized carbons (Fsp3) is 0.471. The second-order valence-electron chi connectivity index (χ2n) is 6.46. The third-order valence-corrected chi connectivity index (χ3v) is 4.64. The molecule has 0 saturated carbocycles. The Morgan fingerprint density at radius 1 is 1.39 bits per heavy atom. The SMILES string of the molecule is CN1CCCC(CCc2nc(-c3ccc4nc[nH]c4c3)no2)C1. The van der Waals surface area contributed by atoms with Crippen molar-refractivity contribution in [3.63, 3.8) is 0 Å². The van der Waals surface area contributed by atoms with Crippen LogP contribution in [0.3, 0.4) is 0 Å². The van der Waals surface area contributed by atoms with Crippen LogP contribution < -0.4 is 0 Å². The minimum Gasteiger partial charge on any atom is -0.345 e. The molecule has 1 unspecified atom stereocenters. The molecule has 0 radical (unpaired) electrons. The molecule has 1 N–H and O–H groups in total. The number of fused-ring (bicyclic) bond motifs is 1. The normalized spacial score (nSPS) is 19.4. The summed E-state index contributed by atoms with van der Waals surface area (Å²) >= 11 is 0. The molecule has 1 aliphatic rings. The summed E-state index contributed by atoms with van der Waals surface area (Å²) < 4.78 is 5.43. The molecule has 3 aromatic rings. The van der Waals surface area contributed by atoms with Gasteiger partial charge in [-0.3, -0.25) is 0 Å². The van der Waals surface area contributed by atoms with Crippen LogP contribution in [0.4, 0.5) is 0 Å². The van der Waals surface area contributed by atoms with Gasteiger partial charge in [0.15, 0.2) is 0 Å². The van der Waals surface area contributed by atoms with Crippen molar-refractivity contribution in [2.24, 2.45) is 5.92 Å². The highest BCUT2D eigenvalue weighted by atomic mass is 16.5. The van der Waals surface area contributed by atoms with E-state index in [4.69, 9.17) is 4.52 Å². The predicted molar refractivity (Wildman–Crippen MR) is 87.9 cm³/mol. The van der Waals surface area contributed by atoms with Gasteiger partial charge in [0.25, 0.3) is 0 Å². The van der Waals surface area contributed by atoms with Crippen LogP contribution in [0, 0.1) is 5.92 Å². The summed E-state index contributed by atoms with van der Waals surface area (Å²) in [6, 6.07) is 5.95. The van der Waals surface area contributed by atoms with Crippen molar-refractivity contribution in [1.29, 1.82) is 0 Å². The summed E-state index contributed by atoms with van der Waals surface area (Å²) in [6.07, 6.45) is 6.27. The number of imidazole rings is 1. The molecule has 1 saturated heterocycles. The molecule has 6 nitrogen and oxygen atoms in total. The van der Waals surface area contributed by atoms with Crippen molar-refractivity contribution < 1.29 is 4.52 Å². The Labute approximate surface area is 134 Å². The third kappa shape index (κ3) is 3.12. The molecule has 2 aromatic heterocycles. The lowest BCUT2D eigenvalue weighted by Crippen LogP contribution is -2.32. The lowest BCUT2D eigenvalue weighted by atomic mass is 9.94. The summed E-state index contributed by atoms with van der Waals surface area (Å²) in [7, 11) is 2.20. The number of nitrogens with one attached hydrogen (secondary N) is 1. The first kappa shape index (κ1) is 14.4. The molecular formula is C17H21N5O. The largest absolute Gasteiger partial charge is 0.345 e. The summed E-state index contributed by atoms with van der Waals surface area (Å²) in [4.78, 5) is 14.3. The van der Waals surface area contributed by atoms with E-state index in [1.807, 2.05) is 18.2 Å². The van der Waals surface area contributed by atoms with Crippen LogP contribution in [0.2, 0.25) is 0 Å². The molecular weight excluding hydrogens is 290 g/mol. The third-order valence-electron chi connectivity index (χ3n) is 4.64. The van der Waals surface area contributed by atoms with E-state index < -0.39 is 0 Å². The van der Waals surface area contributed by atoms with Gasteiger partial charge in [0, 0.05) is 18.5 Å². The second-order valence-corrected chi connectivity index (χ2v) is 6.46. The van der Waals surface area contributed by atoms with Gasteiger partial charge in [-0.05, 0) is 57.0 Å². The first-order valence-electron chi connectivity index (χ1n) is 8.22. The minimum atomic E-state index is 0.650. The number of benzene rings is 1. The average Bonchev–Trinajstić information content (AvgIpc) is 3.21. The zero-order valence-corrected chi connectivity index (χ0v) is 13.3. The minimum absolute atomic E-state index is 0.650. The zero-order chi connectivity index (χ0) is 15.6. The van der Waals surface area contributed by atoms with Gasteiger partial charge in [0.1, 0.15) is 0 Å². The number of likely N-dealkylation sites (tertiary alicyclic amines) is 1. The number of aromatic nitrogens is 4. The van der Waals surface area contributed by atoms with E-state index in [0.717, 1.165) is 41.2 Å². The van der Waals surface area contributed by atoms with E-state index in [1.165, 1.54) is 25.9 Å². The zero-order valence-electron chi connectivity index (χ0n) is 13.3. The highest BCUT2D eigenvalue weighted by Crippen LogP contribution is 2.23. The van der Waals surface area contributed by atoms with Crippen molar-refractivity contribution in [3.05, 3.63) is 30.4 Å². The summed E-state index contributed by atoms with van der Waals surface area (Å²) in [5.41, 5.74) is 2.88. The van der Waals surface area contributed by atoms with Crippen LogP contribution in [0.15, 0.2) is 29.0 Å². The van der Waals surface area contributed by atoms with Crippen molar-refractivity contribution >= 4 is 11.0 Å². The number of hydrogen-bond acceptors (Lipinski definition) is 5. The van der Waals surface area contributed by atoms with Crippen molar-refractivity contribution in [2.45, 2.75) is 25.7 Å². The molecule has 1 aliphatic heterocycles. The molecule has 1 aromatic carbocycles. The summed E-state index contributed by atoms with van der Waals surface area (Å²) in [5.74, 6) is 2.13. The molecule has 120 valence electrons. The maximum Gasteiger partial charge on any atom is 0.226 e. The Hall–Kier alpha value is -2.21. The van der Waals surface area contributed by atoms with Gasteiger partial charge >= 0.3 is 0 Å². The Bertz CT molecular complexity index is 793. The lowest BCUT2D eigenvalue weighted by molar-refractivity contribution is 0.199. The topological polar surface area (TPSA) is 70.8 Å². The average molecular weight is 311 g/mol. The van der Waals surface area contributed by atoms with Gasteiger partial charge in [-0.25, -0.2) is 4.98 Å². The fourth-order valence-corrected chi connectivity index (χ4v) is 3.38. The summed E-state index contributed by atoms with van der Waals surface area (Å²) in [6.45, 7) is 2.40. The molecule has 3 heterocycles. The van der Waals surface area contributed by atoms with Gasteiger partial charge in [-0.1, -0.05) is 5.16 Å². The molecule has 4 rings (SSSR count). The van der Waals surface area contributed by atoms with E-state index in [9.17, 15) is 0 Å². The van der Waals surface area contributed by atoms with Gasteiger partial charge in [0.05, 0.1) is 17.4 Å². The van der Waals surface area contributed by atoms with Crippen LogP contribution >= 0.6 is 0 Å². The van der Waals surface area contributed by atoms with Crippen LogP contribution in [-0.4, -0.2) is 45.1 Å². The molecule has 1 fully saturated rings. The molecule has 23 heavy (non-hydrogen) atoms. The molecule has 0 bridgehead atoms. The van der Waals surface area contributed by atoms with E-state index in [2.05, 4.69) is 32.1 Å². The highest BCUT2D eigenvalue weighted by molar-refractivity contribution is 5.79. The first-order chi connectivity index (χ1) is 11.3. The molecule has 6 heteroatoms. The van der Waals surface area contributed by atoms with E-state index in [1.54, 1.807) is 6.33 Å². The molecule has 1 atom stereocenters. The predicted octanol–water partition coefficient (Wildman–Crippen LogP) is 2.89. The number of nitrogens with zero attached hydrogens (tertiary/aromatic N) is 4. The van der Waals surface area contributed by atoms with E-state index in [-0.39, 0.29) is 0 Å². The van der Waals surface area contributed by atoms with E-state index in [0.29, 0.717) is 5.82 Å². The molecule has 0 aliphatic carbocycles. The second kappa shape index (κ2) is 6.12. The number of aromatic amines is 1. The monoisotopic (exact) mass is 311 g/mol. The smallest absolute Gasteiger partial charge is 0.226 e. The van der Waals surface area contributed by atoms with Gasteiger partial charge in [-0.2, -0.15) is 4.98 Å². The van der Waals surface area contributed by atoms with Crippen molar-refractivity contribution in [2.75, 3.05) is 20.1 Å². The Morgan fingerprint density at radius 3 is 3.26 bits per heavy atom. The van der Waals surface area contributed by atoms with Crippen molar-refractivity contribution in [1.82, 2.24) is 25.0 Å². The van der Waals surface area contributed by atoms with Gasteiger partial charge in [-0.15, -0.1) is 0 Å². The maximum atomic E-state index is 5.43. The molecule has 0 spiro atoms. The Kier molecular flexibility index (Phi) is 3.83. The molecule has 0 amide bonds. The maximum absolute atomic E-state index is 5.43. The van der Waals surface area contributed by atoms with Crippen LogP contribution in [0.1, 0.15) is 25.2 Å². The number of piperidine rings is 1. The lowest BCUT2D eigenvalue weighted by Gasteiger charge is -2.29. The summed E-state index contributed by atoms with van der Waals surface area (Å²) in [5, 5.41) is 4.13. The van der Waals surface area contributed by atoms with Crippen LogP contribution in [0.5, 0.6) is 0 Å². The van der Waals surface area contributed by atoms with Crippen LogP contribution in [-0.2, 0) is 6.42 Å². The quantitative estimate of drug-likeness (QED) is 0.802. The standard InChI is InChI=1S/C17H21N5O/c1-22-8-2-3-12(10-22)4-7-16-20-17(21-23-16)13-5-6-14-15(9-13)19-11-18-14/h5-6,9,11-12H,2-4,7-8,10H2,1H3,(H,18,19). The van der Waals surface area contributed by atoms with Gasteiger partial charge in [0.2, 0.25) is 11.7 Å². The Balaban J connectivity index is 1.43. The van der Waals surface area contributed by atoms with Gasteiger partial charge < -0.3 is 14.4 Å². The van der Waals surface area contributed by atoms with E-state index >= 15 is 0 Å². The number of H-pyrrole nitrogens is 1.